The van der Waals surface area contributed by atoms with Gasteiger partial charge in [0.05, 0.1) is 23.2 Å². The highest BCUT2D eigenvalue weighted by molar-refractivity contribution is 7.83. The summed E-state index contributed by atoms with van der Waals surface area (Å²) in [4.78, 5) is 24.4. The largest absolute Gasteiger partial charge is 0.466 e. The molecule has 0 saturated carbocycles. The second kappa shape index (κ2) is 6.72. The normalized spacial score (nSPS) is 12.5. The van der Waals surface area contributed by atoms with E-state index in [9.17, 15) is 9.00 Å². The van der Waals surface area contributed by atoms with Crippen molar-refractivity contribution < 1.29 is 13.7 Å². The lowest BCUT2D eigenvalue weighted by Gasteiger charge is -2.04. The van der Waals surface area contributed by atoms with Crippen LogP contribution < -0.4 is 0 Å². The van der Waals surface area contributed by atoms with Gasteiger partial charge in [0.25, 0.3) is 0 Å². The number of aromatic amines is 1. The molecule has 4 aromatic rings. The highest BCUT2D eigenvalue weighted by atomic mass is 32.2. The lowest BCUT2D eigenvalue weighted by Crippen LogP contribution is -2.08. The van der Waals surface area contributed by atoms with Crippen LogP contribution in [0.4, 0.5) is 0 Å². The smallest absolute Gasteiger partial charge is 0.313 e. The number of hydrogen-bond acceptors (Lipinski definition) is 5. The SMILES string of the molecule is CCOC(=O)Cc1nc2c(cnc3c2ccn3S(=O)c2ccccc2)[nH]1. The van der Waals surface area contributed by atoms with Crippen molar-refractivity contribution in [1.82, 2.24) is 18.9 Å². The third-order valence-electron chi connectivity index (χ3n) is 3.92. The molecule has 1 unspecified atom stereocenters. The van der Waals surface area contributed by atoms with Gasteiger partial charge >= 0.3 is 5.97 Å². The summed E-state index contributed by atoms with van der Waals surface area (Å²) < 4.78 is 19.4. The number of rotatable bonds is 5. The summed E-state index contributed by atoms with van der Waals surface area (Å²) in [7, 11) is -1.40. The molecule has 132 valence electrons. The summed E-state index contributed by atoms with van der Waals surface area (Å²) in [6.07, 6.45) is 3.44. The van der Waals surface area contributed by atoms with Gasteiger partial charge in [0, 0.05) is 11.6 Å². The molecule has 26 heavy (non-hydrogen) atoms. The summed E-state index contributed by atoms with van der Waals surface area (Å²) in [6.45, 7) is 2.10. The molecule has 0 aliphatic rings. The Morgan fingerprint density at radius 3 is 2.85 bits per heavy atom. The van der Waals surface area contributed by atoms with E-state index in [0.717, 1.165) is 10.9 Å². The second-order valence-corrected chi connectivity index (χ2v) is 6.99. The van der Waals surface area contributed by atoms with Crippen molar-refractivity contribution in [1.29, 1.82) is 0 Å². The fourth-order valence-corrected chi connectivity index (χ4v) is 3.89. The number of esters is 1. The molecule has 1 atom stereocenters. The molecule has 3 heterocycles. The Morgan fingerprint density at radius 2 is 2.08 bits per heavy atom. The average Bonchev–Trinajstić information content (AvgIpc) is 3.25. The number of carbonyl (C=O) groups excluding carboxylic acids is 1. The Labute approximate surface area is 151 Å². The van der Waals surface area contributed by atoms with Crippen molar-refractivity contribution in [3.05, 3.63) is 54.6 Å². The van der Waals surface area contributed by atoms with Crippen LogP contribution in [0.25, 0.3) is 22.1 Å². The van der Waals surface area contributed by atoms with Gasteiger partial charge in [-0.3, -0.25) is 4.79 Å². The Hall–Kier alpha value is -3.00. The molecule has 0 aliphatic heterocycles. The Morgan fingerprint density at radius 1 is 1.27 bits per heavy atom. The standard InChI is InChI=1S/C18H16N4O3S/c1-2-25-16(23)10-15-20-14-11-19-18-13(17(14)21-15)8-9-22(18)26(24)12-6-4-3-5-7-12/h3-9,11H,2,10H2,1H3,(H,20,21). The molecular weight excluding hydrogens is 352 g/mol. The van der Waals surface area contributed by atoms with Gasteiger partial charge < -0.3 is 9.72 Å². The molecule has 0 amide bonds. The van der Waals surface area contributed by atoms with Crippen molar-refractivity contribution in [2.24, 2.45) is 0 Å². The van der Waals surface area contributed by atoms with E-state index in [1.54, 1.807) is 23.3 Å². The van der Waals surface area contributed by atoms with Gasteiger partial charge in [0.1, 0.15) is 17.8 Å². The molecule has 8 heteroatoms. The van der Waals surface area contributed by atoms with E-state index in [4.69, 9.17) is 4.74 Å². The monoisotopic (exact) mass is 368 g/mol. The predicted octanol–water partition coefficient (Wildman–Crippen LogP) is 2.59. The molecule has 1 aromatic carbocycles. The van der Waals surface area contributed by atoms with Crippen LogP contribution in [0.1, 0.15) is 12.7 Å². The van der Waals surface area contributed by atoms with E-state index in [1.165, 1.54) is 0 Å². The molecule has 3 aromatic heterocycles. The van der Waals surface area contributed by atoms with Gasteiger partial charge in [-0.2, -0.15) is 0 Å². The van der Waals surface area contributed by atoms with Crippen LogP contribution in [-0.4, -0.2) is 35.7 Å². The van der Waals surface area contributed by atoms with Crippen molar-refractivity contribution in [2.45, 2.75) is 18.2 Å². The van der Waals surface area contributed by atoms with E-state index in [1.807, 2.05) is 36.4 Å². The molecule has 0 radical (unpaired) electrons. The number of pyridine rings is 1. The molecule has 0 bridgehead atoms. The first-order chi connectivity index (χ1) is 12.7. The van der Waals surface area contributed by atoms with Crippen LogP contribution in [0.3, 0.4) is 0 Å². The Balaban J connectivity index is 1.75. The van der Waals surface area contributed by atoms with E-state index >= 15 is 0 Å². The van der Waals surface area contributed by atoms with Crippen LogP contribution in [0, 0.1) is 0 Å². The van der Waals surface area contributed by atoms with Crippen LogP contribution >= 0.6 is 0 Å². The van der Waals surface area contributed by atoms with Gasteiger partial charge in [-0.1, -0.05) is 18.2 Å². The van der Waals surface area contributed by atoms with Crippen molar-refractivity contribution >= 4 is 39.0 Å². The zero-order chi connectivity index (χ0) is 18.1. The number of nitrogens with zero attached hydrogens (tertiary/aromatic N) is 3. The summed E-state index contributed by atoms with van der Waals surface area (Å²) in [6, 6.07) is 11.0. The predicted molar refractivity (Wildman–Crippen MR) is 98.0 cm³/mol. The van der Waals surface area contributed by atoms with Gasteiger partial charge in [0.15, 0.2) is 16.6 Å². The minimum absolute atomic E-state index is 0.0701. The summed E-state index contributed by atoms with van der Waals surface area (Å²) in [5.74, 6) is 0.184. The summed E-state index contributed by atoms with van der Waals surface area (Å²) in [5, 5.41) is 0.776. The lowest BCUT2D eigenvalue weighted by molar-refractivity contribution is -0.142. The molecule has 0 saturated heterocycles. The van der Waals surface area contributed by atoms with Gasteiger partial charge in [0.2, 0.25) is 0 Å². The highest BCUT2D eigenvalue weighted by Gasteiger charge is 2.16. The summed E-state index contributed by atoms with van der Waals surface area (Å²) in [5.41, 5.74) is 1.99. The minimum Gasteiger partial charge on any atom is -0.466 e. The first-order valence-electron chi connectivity index (χ1n) is 8.15. The maximum Gasteiger partial charge on any atom is 0.313 e. The maximum absolute atomic E-state index is 12.8. The number of hydrogen-bond donors (Lipinski definition) is 1. The van der Waals surface area contributed by atoms with Gasteiger partial charge in [-0.05, 0) is 25.1 Å². The third-order valence-corrected chi connectivity index (χ3v) is 5.25. The van der Waals surface area contributed by atoms with Crippen LogP contribution in [0.5, 0.6) is 0 Å². The maximum atomic E-state index is 12.8. The third kappa shape index (κ3) is 2.88. The van der Waals surface area contributed by atoms with Crippen LogP contribution in [0.15, 0.2) is 53.7 Å². The quantitative estimate of drug-likeness (QED) is 0.547. The first kappa shape index (κ1) is 16.5. The molecule has 1 N–H and O–H groups in total. The Bertz CT molecular complexity index is 1120. The molecule has 4 rings (SSSR count). The van der Waals surface area contributed by atoms with Crippen molar-refractivity contribution in [2.75, 3.05) is 6.61 Å². The molecule has 0 fully saturated rings. The molecular formula is C18H16N4O3S. The van der Waals surface area contributed by atoms with E-state index in [2.05, 4.69) is 15.0 Å². The molecule has 0 spiro atoms. The number of carbonyl (C=O) groups is 1. The van der Waals surface area contributed by atoms with Gasteiger partial charge in [-0.15, -0.1) is 0 Å². The lowest BCUT2D eigenvalue weighted by atomic mass is 10.3. The van der Waals surface area contributed by atoms with Crippen LogP contribution in [-0.2, 0) is 26.9 Å². The number of fused-ring (bicyclic) bond motifs is 3. The highest BCUT2D eigenvalue weighted by Crippen LogP contribution is 2.24. The molecule has 0 aliphatic carbocycles. The number of aromatic nitrogens is 4. The zero-order valence-corrected chi connectivity index (χ0v) is 14.8. The topological polar surface area (TPSA) is 89.9 Å². The number of H-pyrrole nitrogens is 1. The van der Waals surface area contributed by atoms with Crippen molar-refractivity contribution in [3.8, 4) is 0 Å². The Kier molecular flexibility index (Phi) is 4.26. The van der Waals surface area contributed by atoms with E-state index in [0.29, 0.717) is 28.5 Å². The average molecular weight is 368 g/mol. The van der Waals surface area contributed by atoms with Gasteiger partial charge in [-0.25, -0.2) is 18.1 Å². The number of imidazole rings is 1. The fourth-order valence-electron chi connectivity index (χ4n) is 2.80. The fraction of sp³-hybridized carbons (Fsp3) is 0.167. The number of nitrogens with one attached hydrogen (secondary N) is 1. The van der Waals surface area contributed by atoms with Crippen LogP contribution in [0.2, 0.25) is 0 Å². The molecule has 7 nitrogen and oxygen atoms in total. The second-order valence-electron chi connectivity index (χ2n) is 5.63. The van der Waals surface area contributed by atoms with E-state index in [-0.39, 0.29) is 12.4 Å². The summed E-state index contributed by atoms with van der Waals surface area (Å²) >= 11 is 0. The zero-order valence-electron chi connectivity index (χ0n) is 14.0. The number of benzene rings is 1. The minimum atomic E-state index is -1.40. The first-order valence-corrected chi connectivity index (χ1v) is 9.25. The number of ether oxygens (including phenoxy) is 1. The van der Waals surface area contributed by atoms with E-state index < -0.39 is 11.0 Å². The van der Waals surface area contributed by atoms with Crippen molar-refractivity contribution in [3.63, 3.8) is 0 Å².